The molecule has 3 heteroatoms. The third-order valence-electron chi connectivity index (χ3n) is 3.86. The van der Waals surface area contributed by atoms with Crippen molar-refractivity contribution in [3.8, 4) is 17.0 Å². The van der Waals surface area contributed by atoms with Crippen molar-refractivity contribution in [1.82, 2.24) is 9.78 Å². The van der Waals surface area contributed by atoms with Gasteiger partial charge in [-0.2, -0.15) is 5.10 Å². The maximum Gasteiger partial charge on any atom is 0.181 e. The van der Waals surface area contributed by atoms with Gasteiger partial charge in [-0.1, -0.05) is 32.9 Å². The molecule has 1 aliphatic rings. The van der Waals surface area contributed by atoms with Crippen molar-refractivity contribution < 1.29 is 4.74 Å². The molecule has 0 radical (unpaired) electrons. The number of rotatable bonds is 2. The fourth-order valence-corrected chi connectivity index (χ4v) is 2.18. The maximum absolute atomic E-state index is 5.71. The topological polar surface area (TPSA) is 27.1 Å². The van der Waals surface area contributed by atoms with Crippen molar-refractivity contribution in [2.45, 2.75) is 39.3 Å². The highest BCUT2D eigenvalue weighted by atomic mass is 16.5. The monoisotopic (exact) mass is 242 g/mol. The highest BCUT2D eigenvalue weighted by Crippen LogP contribution is 2.36. The van der Waals surface area contributed by atoms with Crippen LogP contribution < -0.4 is 4.74 Å². The summed E-state index contributed by atoms with van der Waals surface area (Å²) in [5.41, 5.74) is 3.54. The van der Waals surface area contributed by atoms with Gasteiger partial charge in [0.1, 0.15) is 5.75 Å². The van der Waals surface area contributed by atoms with Crippen molar-refractivity contribution in [2.75, 3.05) is 0 Å². The van der Waals surface area contributed by atoms with Crippen LogP contribution >= 0.6 is 0 Å². The van der Waals surface area contributed by atoms with Crippen molar-refractivity contribution in [2.24, 2.45) is 0 Å². The molecule has 3 rings (SSSR count). The Morgan fingerprint density at radius 3 is 2.89 bits per heavy atom. The van der Waals surface area contributed by atoms with Crippen LogP contribution in [0.2, 0.25) is 0 Å². The number of para-hydroxylation sites is 1. The quantitative estimate of drug-likeness (QED) is 0.804. The van der Waals surface area contributed by atoms with Gasteiger partial charge in [0.25, 0.3) is 0 Å². The first kappa shape index (κ1) is 11.3. The molecule has 0 unspecified atom stereocenters. The highest BCUT2D eigenvalue weighted by Gasteiger charge is 2.26. The molecule has 2 heterocycles. The van der Waals surface area contributed by atoms with Crippen LogP contribution in [0.25, 0.3) is 11.3 Å². The number of fused-ring (bicyclic) bond motifs is 3. The van der Waals surface area contributed by atoms with Gasteiger partial charge in [0.2, 0.25) is 0 Å². The van der Waals surface area contributed by atoms with Crippen LogP contribution in [0.1, 0.15) is 32.9 Å². The molecule has 3 nitrogen and oxygen atoms in total. The molecule has 0 bridgehead atoms. The Hall–Kier alpha value is -1.77. The fraction of sp³-hybridized carbons (Fsp3) is 0.400. The molecule has 2 aromatic rings. The number of hydrogen-bond donors (Lipinski definition) is 0. The average Bonchev–Trinajstić information content (AvgIpc) is 2.84. The minimum Gasteiger partial charge on any atom is -0.471 e. The molecule has 0 fully saturated rings. The van der Waals surface area contributed by atoms with E-state index in [4.69, 9.17) is 4.74 Å². The van der Waals surface area contributed by atoms with E-state index in [1.807, 2.05) is 22.9 Å². The minimum atomic E-state index is 0.110. The summed E-state index contributed by atoms with van der Waals surface area (Å²) in [7, 11) is 0. The van der Waals surface area contributed by atoms with Crippen molar-refractivity contribution in [3.63, 3.8) is 0 Å². The van der Waals surface area contributed by atoms with Crippen LogP contribution in [0.5, 0.6) is 5.75 Å². The van der Waals surface area contributed by atoms with Crippen LogP contribution in [0.15, 0.2) is 30.3 Å². The molecule has 0 aliphatic carbocycles. The van der Waals surface area contributed by atoms with Gasteiger partial charge in [-0.05, 0) is 24.6 Å². The Balaban J connectivity index is 2.12. The van der Waals surface area contributed by atoms with Crippen LogP contribution in [0.3, 0.4) is 0 Å². The Kier molecular flexibility index (Phi) is 2.44. The number of nitrogens with zero attached hydrogens (tertiary/aromatic N) is 2. The Morgan fingerprint density at radius 1 is 1.33 bits per heavy atom. The van der Waals surface area contributed by atoms with Gasteiger partial charge in [-0.3, -0.25) is 0 Å². The summed E-state index contributed by atoms with van der Waals surface area (Å²) in [6, 6.07) is 10.3. The lowest BCUT2D eigenvalue weighted by molar-refractivity contribution is 0.213. The normalized spacial score (nSPS) is 13.7. The van der Waals surface area contributed by atoms with Gasteiger partial charge in [-0.15, -0.1) is 0 Å². The van der Waals surface area contributed by atoms with E-state index < -0.39 is 0 Å². The van der Waals surface area contributed by atoms with E-state index in [2.05, 4.69) is 38.0 Å². The summed E-state index contributed by atoms with van der Waals surface area (Å²) in [6.45, 7) is 7.16. The smallest absolute Gasteiger partial charge is 0.181 e. The zero-order valence-electron chi connectivity index (χ0n) is 11.1. The zero-order valence-corrected chi connectivity index (χ0v) is 11.1. The molecule has 18 heavy (non-hydrogen) atoms. The first-order chi connectivity index (χ1) is 8.62. The second-order valence-electron chi connectivity index (χ2n) is 5.42. The van der Waals surface area contributed by atoms with E-state index in [1.165, 1.54) is 0 Å². The molecule has 0 saturated heterocycles. The summed E-state index contributed by atoms with van der Waals surface area (Å²) < 4.78 is 7.66. The number of ether oxygens (including phenoxy) is 1. The average molecular weight is 242 g/mol. The molecule has 0 N–H and O–H groups in total. The van der Waals surface area contributed by atoms with E-state index in [0.717, 1.165) is 29.1 Å². The van der Waals surface area contributed by atoms with Gasteiger partial charge >= 0.3 is 0 Å². The molecule has 0 amide bonds. The first-order valence-corrected chi connectivity index (χ1v) is 6.42. The largest absolute Gasteiger partial charge is 0.471 e. The molecule has 1 aromatic carbocycles. The maximum atomic E-state index is 5.71. The Bertz CT molecular complexity index is 584. The van der Waals surface area contributed by atoms with E-state index in [-0.39, 0.29) is 5.41 Å². The van der Waals surface area contributed by atoms with E-state index in [1.54, 1.807) is 0 Å². The predicted octanol–water partition coefficient (Wildman–Crippen LogP) is 3.59. The van der Waals surface area contributed by atoms with Crippen molar-refractivity contribution in [1.29, 1.82) is 0 Å². The molecular formula is C15H18N2O. The van der Waals surface area contributed by atoms with E-state index in [9.17, 15) is 0 Å². The van der Waals surface area contributed by atoms with Crippen LogP contribution in [0.4, 0.5) is 0 Å². The summed E-state index contributed by atoms with van der Waals surface area (Å²) in [5.74, 6) is 0.950. The number of benzene rings is 1. The van der Waals surface area contributed by atoms with Gasteiger partial charge in [-0.25, -0.2) is 4.68 Å². The lowest BCUT2D eigenvalue weighted by Crippen LogP contribution is -2.18. The zero-order chi connectivity index (χ0) is 12.8. The second-order valence-corrected chi connectivity index (χ2v) is 5.42. The standard InChI is InChI=1S/C15H18N2O/c1-4-15(2,3)14-9-12-11-7-5-6-8-13(11)18-10-17(12)16-14/h5-9H,4,10H2,1-3H3. The molecule has 1 aromatic heterocycles. The minimum absolute atomic E-state index is 0.110. The number of hydrogen-bond acceptors (Lipinski definition) is 2. The molecule has 94 valence electrons. The third kappa shape index (κ3) is 1.62. The van der Waals surface area contributed by atoms with Crippen molar-refractivity contribution in [3.05, 3.63) is 36.0 Å². The molecule has 0 saturated carbocycles. The molecule has 0 atom stereocenters. The van der Waals surface area contributed by atoms with Gasteiger partial charge in [0, 0.05) is 11.0 Å². The second kappa shape index (κ2) is 3.87. The summed E-state index contributed by atoms with van der Waals surface area (Å²) >= 11 is 0. The predicted molar refractivity (Wildman–Crippen MR) is 71.6 cm³/mol. The fourth-order valence-electron chi connectivity index (χ4n) is 2.18. The first-order valence-electron chi connectivity index (χ1n) is 6.42. The Labute approximate surface area is 107 Å². The van der Waals surface area contributed by atoms with Gasteiger partial charge in [0.15, 0.2) is 6.73 Å². The lowest BCUT2D eigenvalue weighted by Gasteiger charge is -2.19. The SMILES string of the molecule is CCC(C)(C)c1cc2n(n1)COc1ccccc1-2. The van der Waals surface area contributed by atoms with Gasteiger partial charge in [0.05, 0.1) is 11.4 Å². The van der Waals surface area contributed by atoms with E-state index in [0.29, 0.717) is 6.73 Å². The van der Waals surface area contributed by atoms with Gasteiger partial charge < -0.3 is 4.74 Å². The van der Waals surface area contributed by atoms with Crippen LogP contribution in [-0.4, -0.2) is 9.78 Å². The molecule has 0 spiro atoms. The number of aromatic nitrogens is 2. The lowest BCUT2D eigenvalue weighted by atomic mass is 9.86. The summed E-state index contributed by atoms with van der Waals surface area (Å²) in [5, 5.41) is 4.68. The summed E-state index contributed by atoms with van der Waals surface area (Å²) in [4.78, 5) is 0. The summed E-state index contributed by atoms with van der Waals surface area (Å²) in [6.07, 6.45) is 1.08. The molecular weight excluding hydrogens is 224 g/mol. The van der Waals surface area contributed by atoms with Crippen LogP contribution in [-0.2, 0) is 12.1 Å². The molecule has 1 aliphatic heterocycles. The third-order valence-corrected chi connectivity index (χ3v) is 3.86. The van der Waals surface area contributed by atoms with Crippen molar-refractivity contribution >= 4 is 0 Å². The van der Waals surface area contributed by atoms with E-state index >= 15 is 0 Å². The highest BCUT2D eigenvalue weighted by molar-refractivity contribution is 5.69. The van der Waals surface area contributed by atoms with Crippen LogP contribution in [0, 0.1) is 0 Å². The Morgan fingerprint density at radius 2 is 2.11 bits per heavy atom.